The fraction of sp³-hybridized carbons (Fsp3) is 0.611. The van der Waals surface area contributed by atoms with Crippen LogP contribution in [0.4, 0.5) is 16.2 Å². The number of amides is 2. The Morgan fingerprint density at radius 1 is 1.32 bits per heavy atom. The van der Waals surface area contributed by atoms with Gasteiger partial charge in [0.2, 0.25) is 0 Å². The highest BCUT2D eigenvalue weighted by atomic mass is 16.6. The van der Waals surface area contributed by atoms with Crippen LogP contribution in [0.2, 0.25) is 0 Å². The molecule has 2 N–H and O–H groups in total. The van der Waals surface area contributed by atoms with E-state index in [1.807, 2.05) is 6.92 Å². The predicted molar refractivity (Wildman–Crippen MR) is 94.7 cm³/mol. The summed E-state index contributed by atoms with van der Waals surface area (Å²) in [6.07, 6.45) is 4.49. The molecule has 1 heterocycles. The minimum Gasteiger partial charge on any atom is -0.389 e. The number of nitrogens with one attached hydrogen (secondary N) is 1. The van der Waals surface area contributed by atoms with Crippen LogP contribution in [-0.4, -0.2) is 39.7 Å². The first kappa shape index (κ1) is 17.7. The lowest BCUT2D eigenvalue weighted by molar-refractivity contribution is -0.385. The van der Waals surface area contributed by atoms with Gasteiger partial charge in [-0.2, -0.15) is 0 Å². The molecule has 1 aliphatic carbocycles. The van der Waals surface area contributed by atoms with Gasteiger partial charge in [-0.05, 0) is 44.7 Å². The molecule has 0 bridgehead atoms. The number of nitrogens with zero attached hydrogens (tertiary/aromatic N) is 2. The van der Waals surface area contributed by atoms with Crippen molar-refractivity contribution in [3.8, 4) is 0 Å². The van der Waals surface area contributed by atoms with Gasteiger partial charge in [0.1, 0.15) is 0 Å². The van der Waals surface area contributed by atoms with Gasteiger partial charge >= 0.3 is 6.03 Å². The molecule has 1 aromatic rings. The molecule has 25 heavy (non-hydrogen) atoms. The molecule has 1 aliphatic heterocycles. The molecule has 7 heteroatoms. The molecule has 0 spiro atoms. The number of urea groups is 1. The zero-order valence-electron chi connectivity index (χ0n) is 14.7. The van der Waals surface area contributed by atoms with Crippen LogP contribution < -0.4 is 5.32 Å². The van der Waals surface area contributed by atoms with Crippen molar-refractivity contribution in [2.75, 3.05) is 18.4 Å². The Morgan fingerprint density at radius 3 is 2.80 bits per heavy atom. The largest absolute Gasteiger partial charge is 0.389 e. The van der Waals surface area contributed by atoms with E-state index in [0.717, 1.165) is 31.2 Å². The van der Waals surface area contributed by atoms with E-state index in [9.17, 15) is 20.0 Å². The second kappa shape index (κ2) is 6.63. The minimum atomic E-state index is -0.631. The van der Waals surface area contributed by atoms with Crippen molar-refractivity contribution in [3.05, 3.63) is 33.4 Å². The normalized spacial score (nSPS) is 26.0. The number of hydrogen-bond donors (Lipinski definition) is 2. The van der Waals surface area contributed by atoms with Gasteiger partial charge in [0.15, 0.2) is 0 Å². The lowest BCUT2D eigenvalue weighted by Gasteiger charge is -2.47. The van der Waals surface area contributed by atoms with Gasteiger partial charge in [0, 0.05) is 30.6 Å². The summed E-state index contributed by atoms with van der Waals surface area (Å²) in [5.74, 6) is 0.120. The van der Waals surface area contributed by atoms with E-state index in [1.54, 1.807) is 17.9 Å². The Labute approximate surface area is 147 Å². The van der Waals surface area contributed by atoms with Gasteiger partial charge in [0.25, 0.3) is 5.69 Å². The number of hydrogen-bond acceptors (Lipinski definition) is 4. The SMILES string of the molecule is Cc1cc(C)c([N+](=O)[O-])cc1NC(=O)N1CC[C@]2(O)CCCC[C@H]2C1. The second-order valence-corrected chi connectivity index (χ2v) is 7.38. The quantitative estimate of drug-likeness (QED) is 0.633. The van der Waals surface area contributed by atoms with E-state index >= 15 is 0 Å². The average molecular weight is 347 g/mol. The zero-order chi connectivity index (χ0) is 18.2. The molecule has 2 fully saturated rings. The number of aryl methyl sites for hydroxylation is 2. The summed E-state index contributed by atoms with van der Waals surface area (Å²) >= 11 is 0. The number of benzene rings is 1. The first-order valence-electron chi connectivity index (χ1n) is 8.84. The molecule has 2 amide bonds. The third-order valence-corrected chi connectivity index (χ3v) is 5.70. The van der Waals surface area contributed by atoms with Crippen LogP contribution >= 0.6 is 0 Å². The van der Waals surface area contributed by atoms with Crippen LogP contribution in [0.1, 0.15) is 43.2 Å². The van der Waals surface area contributed by atoms with Crippen molar-refractivity contribution in [1.82, 2.24) is 4.90 Å². The number of rotatable bonds is 2. The van der Waals surface area contributed by atoms with Crippen LogP contribution in [0, 0.1) is 29.9 Å². The van der Waals surface area contributed by atoms with E-state index in [2.05, 4.69) is 5.32 Å². The van der Waals surface area contributed by atoms with Crippen molar-refractivity contribution in [2.45, 2.75) is 51.6 Å². The Hall–Kier alpha value is -2.15. The Balaban J connectivity index is 1.73. The minimum absolute atomic E-state index is 0.00111. The first-order valence-corrected chi connectivity index (χ1v) is 8.84. The van der Waals surface area contributed by atoms with Crippen LogP contribution in [0.3, 0.4) is 0 Å². The third kappa shape index (κ3) is 3.46. The zero-order valence-corrected chi connectivity index (χ0v) is 14.7. The second-order valence-electron chi connectivity index (χ2n) is 7.38. The number of carbonyl (C=O) groups is 1. The number of nitro groups is 1. The van der Waals surface area contributed by atoms with E-state index < -0.39 is 10.5 Å². The maximum Gasteiger partial charge on any atom is 0.321 e. The van der Waals surface area contributed by atoms with Crippen molar-refractivity contribution in [2.24, 2.45) is 5.92 Å². The summed E-state index contributed by atoms with van der Waals surface area (Å²) in [7, 11) is 0. The lowest BCUT2D eigenvalue weighted by atomic mass is 9.71. The molecule has 0 aromatic heterocycles. The highest BCUT2D eigenvalue weighted by molar-refractivity contribution is 5.90. The molecule has 0 radical (unpaired) electrons. The monoisotopic (exact) mass is 347 g/mol. The lowest BCUT2D eigenvalue weighted by Crippen LogP contribution is -2.55. The Kier molecular flexibility index (Phi) is 4.69. The molecule has 1 aromatic carbocycles. The van der Waals surface area contributed by atoms with Crippen molar-refractivity contribution in [1.29, 1.82) is 0 Å². The molecule has 136 valence electrons. The number of carbonyl (C=O) groups excluding carboxylic acids is 1. The Bertz CT molecular complexity index is 706. The molecule has 7 nitrogen and oxygen atoms in total. The molecule has 3 rings (SSSR count). The summed E-state index contributed by atoms with van der Waals surface area (Å²) in [4.78, 5) is 25.0. The van der Waals surface area contributed by atoms with Gasteiger partial charge in [-0.3, -0.25) is 10.1 Å². The molecule has 2 atom stereocenters. The standard InChI is InChI=1S/C18H25N3O4/c1-12-9-13(2)16(21(24)25)10-15(12)19-17(22)20-8-7-18(23)6-4-3-5-14(18)11-20/h9-10,14,23H,3-8,11H2,1-2H3,(H,19,22)/t14-,18+/m0/s1. The van der Waals surface area contributed by atoms with E-state index in [1.165, 1.54) is 6.07 Å². The van der Waals surface area contributed by atoms with Gasteiger partial charge in [0.05, 0.1) is 16.2 Å². The van der Waals surface area contributed by atoms with Crippen molar-refractivity contribution >= 4 is 17.4 Å². The van der Waals surface area contributed by atoms with Crippen LogP contribution in [0.15, 0.2) is 12.1 Å². The maximum absolute atomic E-state index is 12.6. The fourth-order valence-corrected chi connectivity index (χ4v) is 4.12. The smallest absolute Gasteiger partial charge is 0.321 e. The molecule has 0 unspecified atom stereocenters. The summed E-state index contributed by atoms with van der Waals surface area (Å²) in [5, 5.41) is 24.7. The highest BCUT2D eigenvalue weighted by Crippen LogP contribution is 2.40. The van der Waals surface area contributed by atoms with E-state index in [4.69, 9.17) is 0 Å². The number of anilines is 1. The number of aliphatic hydroxyl groups is 1. The summed E-state index contributed by atoms with van der Waals surface area (Å²) in [6, 6.07) is 2.88. The van der Waals surface area contributed by atoms with Crippen LogP contribution in [0.5, 0.6) is 0 Å². The summed E-state index contributed by atoms with van der Waals surface area (Å²) in [5.41, 5.74) is 1.20. The topological polar surface area (TPSA) is 95.7 Å². The molecular formula is C18H25N3O4. The van der Waals surface area contributed by atoms with Crippen molar-refractivity contribution in [3.63, 3.8) is 0 Å². The first-order chi connectivity index (χ1) is 11.8. The summed E-state index contributed by atoms with van der Waals surface area (Å²) < 4.78 is 0. The van der Waals surface area contributed by atoms with Gasteiger partial charge in [-0.25, -0.2) is 4.79 Å². The van der Waals surface area contributed by atoms with Gasteiger partial charge in [-0.1, -0.05) is 12.8 Å². The third-order valence-electron chi connectivity index (χ3n) is 5.70. The molecule has 2 aliphatic rings. The number of piperidine rings is 1. The molecular weight excluding hydrogens is 322 g/mol. The van der Waals surface area contributed by atoms with Crippen LogP contribution in [-0.2, 0) is 0 Å². The Morgan fingerprint density at radius 2 is 2.08 bits per heavy atom. The maximum atomic E-state index is 12.6. The van der Waals surface area contributed by atoms with Gasteiger partial charge in [-0.15, -0.1) is 0 Å². The number of nitro benzene ring substituents is 1. The van der Waals surface area contributed by atoms with Crippen molar-refractivity contribution < 1.29 is 14.8 Å². The predicted octanol–water partition coefficient (Wildman–Crippen LogP) is 3.37. The summed E-state index contributed by atoms with van der Waals surface area (Å²) in [6.45, 7) is 4.55. The average Bonchev–Trinajstić information content (AvgIpc) is 2.56. The fourth-order valence-electron chi connectivity index (χ4n) is 4.12. The van der Waals surface area contributed by atoms with Gasteiger partial charge < -0.3 is 15.3 Å². The van der Waals surface area contributed by atoms with Crippen LogP contribution in [0.25, 0.3) is 0 Å². The number of likely N-dealkylation sites (tertiary alicyclic amines) is 1. The molecule has 1 saturated carbocycles. The van der Waals surface area contributed by atoms with E-state index in [0.29, 0.717) is 30.8 Å². The highest BCUT2D eigenvalue weighted by Gasteiger charge is 2.43. The molecule has 1 saturated heterocycles. The number of fused-ring (bicyclic) bond motifs is 1. The van der Waals surface area contributed by atoms with E-state index in [-0.39, 0.29) is 17.6 Å².